The molecule has 12 heteroatoms. The molecule has 0 unspecified atom stereocenters. The highest BCUT2D eigenvalue weighted by atomic mass is 35.5. The van der Waals surface area contributed by atoms with Crippen LogP contribution in [0.25, 0.3) is 0 Å². The number of amides is 1. The van der Waals surface area contributed by atoms with E-state index in [2.05, 4.69) is 15.5 Å². The molecule has 1 aromatic heterocycles. The lowest BCUT2D eigenvalue weighted by Crippen LogP contribution is -2.14. The van der Waals surface area contributed by atoms with Gasteiger partial charge in [-0.25, -0.2) is 0 Å². The van der Waals surface area contributed by atoms with Crippen LogP contribution in [-0.2, 0) is 11.4 Å². The molecule has 0 radical (unpaired) electrons. The molecule has 0 aliphatic heterocycles. The molecular formula is C17H12Cl2N4O5S. The van der Waals surface area contributed by atoms with Gasteiger partial charge in [0, 0.05) is 12.1 Å². The topological polar surface area (TPSA) is 120 Å². The van der Waals surface area contributed by atoms with E-state index in [1.807, 2.05) is 18.2 Å². The third kappa shape index (κ3) is 5.83. The van der Waals surface area contributed by atoms with Crippen LogP contribution in [0.15, 0.2) is 52.1 Å². The summed E-state index contributed by atoms with van der Waals surface area (Å²) in [7, 11) is 0. The van der Waals surface area contributed by atoms with Gasteiger partial charge in [-0.1, -0.05) is 53.2 Å². The average Bonchev–Trinajstić information content (AvgIpc) is 3.16. The van der Waals surface area contributed by atoms with Crippen molar-refractivity contribution in [3.63, 3.8) is 0 Å². The predicted molar refractivity (Wildman–Crippen MR) is 108 cm³/mol. The zero-order chi connectivity index (χ0) is 20.8. The van der Waals surface area contributed by atoms with E-state index in [9.17, 15) is 14.9 Å². The first kappa shape index (κ1) is 20.9. The number of carbonyl (C=O) groups excluding carboxylic acids is 1. The van der Waals surface area contributed by atoms with Crippen LogP contribution in [-0.4, -0.2) is 26.8 Å². The molecule has 0 spiro atoms. The molecular weight excluding hydrogens is 443 g/mol. The number of nitrogens with zero attached hydrogens (tertiary/aromatic N) is 3. The van der Waals surface area contributed by atoms with Crippen molar-refractivity contribution in [2.45, 2.75) is 11.8 Å². The maximum absolute atomic E-state index is 12.1. The minimum Gasteiger partial charge on any atom is -0.484 e. The Morgan fingerprint density at radius 3 is 2.55 bits per heavy atom. The number of ether oxygens (including phenoxy) is 1. The third-order valence-electron chi connectivity index (χ3n) is 3.38. The Morgan fingerprint density at radius 1 is 1.21 bits per heavy atom. The number of thioether (sulfide) groups is 1. The summed E-state index contributed by atoms with van der Waals surface area (Å²) in [5.74, 6) is 0.410. The summed E-state index contributed by atoms with van der Waals surface area (Å²) in [6.45, 7) is 0.0950. The molecule has 29 heavy (non-hydrogen) atoms. The van der Waals surface area contributed by atoms with E-state index in [1.165, 1.54) is 0 Å². The number of halogens is 2. The Kier molecular flexibility index (Phi) is 6.91. The van der Waals surface area contributed by atoms with E-state index in [4.69, 9.17) is 32.4 Å². The number of rotatable bonds is 8. The predicted octanol–water partition coefficient (Wildman–Crippen LogP) is 4.59. The van der Waals surface area contributed by atoms with Crippen LogP contribution >= 0.6 is 35.0 Å². The van der Waals surface area contributed by atoms with Gasteiger partial charge in [0.25, 0.3) is 16.8 Å². The van der Waals surface area contributed by atoms with Crippen molar-refractivity contribution >= 4 is 52.2 Å². The molecule has 0 aliphatic rings. The minimum atomic E-state index is -0.631. The lowest BCUT2D eigenvalue weighted by atomic mass is 10.3. The van der Waals surface area contributed by atoms with Gasteiger partial charge in [-0.2, -0.15) is 0 Å². The van der Waals surface area contributed by atoms with Crippen molar-refractivity contribution in [1.29, 1.82) is 0 Å². The maximum Gasteiger partial charge on any atom is 0.277 e. The Balaban J connectivity index is 1.52. The fraction of sp³-hybridized carbons (Fsp3) is 0.118. The molecule has 0 aliphatic carbocycles. The van der Waals surface area contributed by atoms with Gasteiger partial charge in [-0.15, -0.1) is 10.2 Å². The molecule has 0 atom stereocenters. The Bertz CT molecular complexity index is 1010. The van der Waals surface area contributed by atoms with Crippen molar-refractivity contribution in [1.82, 2.24) is 10.2 Å². The van der Waals surface area contributed by atoms with E-state index in [1.54, 1.807) is 12.1 Å². The van der Waals surface area contributed by atoms with Gasteiger partial charge in [0.05, 0.1) is 26.4 Å². The molecule has 1 amide bonds. The number of para-hydroxylation sites is 1. The van der Waals surface area contributed by atoms with E-state index < -0.39 is 10.8 Å². The first-order chi connectivity index (χ1) is 13.9. The number of anilines is 1. The maximum atomic E-state index is 12.1. The van der Waals surface area contributed by atoms with E-state index in [-0.39, 0.29) is 44.9 Å². The fourth-order valence-corrected chi connectivity index (χ4v) is 3.25. The van der Waals surface area contributed by atoms with Crippen LogP contribution in [0.4, 0.5) is 11.4 Å². The van der Waals surface area contributed by atoms with Crippen molar-refractivity contribution in [3.05, 3.63) is 68.5 Å². The van der Waals surface area contributed by atoms with Crippen molar-refractivity contribution in [2.75, 3.05) is 11.1 Å². The van der Waals surface area contributed by atoms with Crippen molar-refractivity contribution < 1.29 is 18.9 Å². The zero-order valence-corrected chi connectivity index (χ0v) is 16.8. The minimum absolute atomic E-state index is 0.0410. The molecule has 1 N–H and O–H groups in total. The number of benzene rings is 2. The van der Waals surface area contributed by atoms with Crippen LogP contribution in [0.1, 0.15) is 5.89 Å². The van der Waals surface area contributed by atoms with Gasteiger partial charge in [0.1, 0.15) is 5.75 Å². The zero-order valence-electron chi connectivity index (χ0n) is 14.5. The molecule has 0 saturated heterocycles. The molecule has 0 saturated carbocycles. The monoisotopic (exact) mass is 454 g/mol. The van der Waals surface area contributed by atoms with Crippen molar-refractivity contribution in [2.24, 2.45) is 0 Å². The SMILES string of the molecule is O=C(CSc1nnc(COc2ccccc2)o1)Nc1c(Cl)cc([N+](=O)[O-])cc1Cl. The first-order valence-corrected chi connectivity index (χ1v) is 9.73. The molecule has 3 aromatic rings. The summed E-state index contributed by atoms with van der Waals surface area (Å²) in [5.41, 5.74) is -0.185. The summed E-state index contributed by atoms with van der Waals surface area (Å²) < 4.78 is 10.9. The van der Waals surface area contributed by atoms with Crippen LogP contribution in [0.3, 0.4) is 0 Å². The second kappa shape index (κ2) is 9.59. The summed E-state index contributed by atoms with van der Waals surface area (Å²) in [6, 6.07) is 11.4. The number of nitro benzene ring substituents is 1. The standard InChI is InChI=1S/C17H12Cl2N4O5S/c18-12-6-10(23(25)26)7-13(19)16(12)20-14(24)9-29-17-22-21-15(28-17)8-27-11-4-2-1-3-5-11/h1-7H,8-9H2,(H,20,24). The van der Waals surface area contributed by atoms with Crippen LogP contribution < -0.4 is 10.1 Å². The largest absolute Gasteiger partial charge is 0.484 e. The third-order valence-corrected chi connectivity index (χ3v) is 4.80. The number of nitrogens with one attached hydrogen (secondary N) is 1. The Hall–Kier alpha value is -2.82. The van der Waals surface area contributed by atoms with E-state index in [0.29, 0.717) is 5.75 Å². The lowest BCUT2D eigenvalue weighted by molar-refractivity contribution is -0.384. The normalized spacial score (nSPS) is 10.6. The summed E-state index contributed by atoms with van der Waals surface area (Å²) in [6.07, 6.45) is 0. The lowest BCUT2D eigenvalue weighted by Gasteiger charge is -2.08. The van der Waals surface area contributed by atoms with E-state index in [0.717, 1.165) is 23.9 Å². The van der Waals surface area contributed by atoms with Crippen LogP contribution in [0.2, 0.25) is 10.0 Å². The van der Waals surface area contributed by atoms with Gasteiger partial charge in [-0.3, -0.25) is 14.9 Å². The van der Waals surface area contributed by atoms with Gasteiger partial charge < -0.3 is 14.5 Å². The highest BCUT2D eigenvalue weighted by Crippen LogP contribution is 2.34. The smallest absolute Gasteiger partial charge is 0.277 e. The average molecular weight is 455 g/mol. The number of carbonyl (C=O) groups is 1. The number of hydrogen-bond acceptors (Lipinski definition) is 8. The highest BCUT2D eigenvalue weighted by molar-refractivity contribution is 7.99. The molecule has 150 valence electrons. The Morgan fingerprint density at radius 2 is 1.90 bits per heavy atom. The number of non-ortho nitro benzene ring substituents is 1. The highest BCUT2D eigenvalue weighted by Gasteiger charge is 2.17. The van der Waals surface area contributed by atoms with Gasteiger partial charge in [0.2, 0.25) is 5.91 Å². The van der Waals surface area contributed by atoms with E-state index >= 15 is 0 Å². The summed E-state index contributed by atoms with van der Waals surface area (Å²) in [4.78, 5) is 22.3. The van der Waals surface area contributed by atoms with Gasteiger partial charge >= 0.3 is 0 Å². The number of aromatic nitrogens is 2. The quantitative estimate of drug-likeness (QED) is 0.297. The number of hydrogen-bond donors (Lipinski definition) is 1. The molecule has 3 rings (SSSR count). The van der Waals surface area contributed by atoms with Crippen molar-refractivity contribution in [3.8, 4) is 5.75 Å². The fourth-order valence-electron chi connectivity index (χ4n) is 2.10. The second-order valence-electron chi connectivity index (χ2n) is 5.44. The number of nitro groups is 1. The molecule has 9 nitrogen and oxygen atoms in total. The second-order valence-corrected chi connectivity index (χ2v) is 7.18. The molecule has 1 heterocycles. The van der Waals surface area contributed by atoms with Gasteiger partial charge in [-0.05, 0) is 12.1 Å². The van der Waals surface area contributed by atoms with Crippen LogP contribution in [0, 0.1) is 10.1 Å². The molecule has 0 bridgehead atoms. The van der Waals surface area contributed by atoms with Crippen LogP contribution in [0.5, 0.6) is 5.75 Å². The molecule has 0 fully saturated rings. The summed E-state index contributed by atoms with van der Waals surface area (Å²) >= 11 is 12.9. The summed E-state index contributed by atoms with van der Waals surface area (Å²) in [5, 5.41) is 21.1. The van der Waals surface area contributed by atoms with Gasteiger partial charge in [0.15, 0.2) is 6.61 Å². The molecule has 2 aromatic carbocycles. The first-order valence-electron chi connectivity index (χ1n) is 7.98. The Labute approximate surface area is 178 Å².